The molecule has 0 radical (unpaired) electrons. The molecule has 3 nitrogen and oxygen atoms in total. The van der Waals surface area contributed by atoms with Gasteiger partial charge in [0.15, 0.2) is 0 Å². The highest BCUT2D eigenvalue weighted by Crippen LogP contribution is 2.16. The van der Waals surface area contributed by atoms with Crippen molar-refractivity contribution in [1.29, 1.82) is 0 Å². The molecule has 0 fully saturated rings. The fraction of sp³-hybridized carbons (Fsp3) is 0.333. The van der Waals surface area contributed by atoms with Crippen molar-refractivity contribution in [2.75, 3.05) is 6.54 Å². The number of hydrogen-bond donors (Lipinski definition) is 1. The van der Waals surface area contributed by atoms with Gasteiger partial charge in [-0.3, -0.25) is 0 Å². The Morgan fingerprint density at radius 2 is 1.94 bits per heavy atom. The van der Waals surface area contributed by atoms with Crippen LogP contribution < -0.4 is 5.32 Å². The number of benzene rings is 1. The van der Waals surface area contributed by atoms with Crippen molar-refractivity contribution >= 4 is 0 Å². The quantitative estimate of drug-likeness (QED) is 0.874. The van der Waals surface area contributed by atoms with Gasteiger partial charge < -0.3 is 5.32 Å². The zero-order valence-electron chi connectivity index (χ0n) is 10.9. The molecule has 0 spiro atoms. The second-order valence-electron chi connectivity index (χ2n) is 4.33. The minimum Gasteiger partial charge on any atom is -0.309 e. The SMILES string of the molecule is CCNC(Cc1ccccc1)c1ccnc(C)n1. The van der Waals surface area contributed by atoms with Gasteiger partial charge in [0.25, 0.3) is 0 Å². The van der Waals surface area contributed by atoms with Gasteiger partial charge in [-0.05, 0) is 31.5 Å². The number of aromatic nitrogens is 2. The zero-order chi connectivity index (χ0) is 12.8. The summed E-state index contributed by atoms with van der Waals surface area (Å²) in [7, 11) is 0. The van der Waals surface area contributed by atoms with E-state index in [-0.39, 0.29) is 6.04 Å². The molecule has 1 heterocycles. The van der Waals surface area contributed by atoms with E-state index in [9.17, 15) is 0 Å². The standard InChI is InChI=1S/C15H19N3/c1-3-16-15(11-13-7-5-4-6-8-13)14-9-10-17-12(2)18-14/h4-10,15-16H,3,11H2,1-2H3. The lowest BCUT2D eigenvalue weighted by Gasteiger charge is -2.17. The van der Waals surface area contributed by atoms with Crippen molar-refractivity contribution in [3.05, 3.63) is 59.7 Å². The molecule has 0 aliphatic carbocycles. The summed E-state index contributed by atoms with van der Waals surface area (Å²) in [6.07, 6.45) is 2.78. The van der Waals surface area contributed by atoms with Gasteiger partial charge in [0.2, 0.25) is 0 Å². The molecule has 3 heteroatoms. The van der Waals surface area contributed by atoms with E-state index in [1.165, 1.54) is 5.56 Å². The highest BCUT2D eigenvalue weighted by molar-refractivity contribution is 5.19. The summed E-state index contributed by atoms with van der Waals surface area (Å²) in [5.74, 6) is 0.823. The van der Waals surface area contributed by atoms with Crippen molar-refractivity contribution in [3.8, 4) is 0 Å². The van der Waals surface area contributed by atoms with Crippen LogP contribution in [0.1, 0.15) is 30.0 Å². The van der Waals surface area contributed by atoms with Crippen molar-refractivity contribution in [2.24, 2.45) is 0 Å². The number of hydrogen-bond acceptors (Lipinski definition) is 3. The number of likely N-dealkylation sites (N-methyl/N-ethyl adjacent to an activating group) is 1. The normalized spacial score (nSPS) is 12.3. The molecule has 1 unspecified atom stereocenters. The second kappa shape index (κ2) is 6.26. The summed E-state index contributed by atoms with van der Waals surface area (Å²) in [6.45, 7) is 4.97. The third kappa shape index (κ3) is 3.37. The first-order chi connectivity index (χ1) is 8.79. The Kier molecular flexibility index (Phi) is 4.42. The lowest BCUT2D eigenvalue weighted by molar-refractivity contribution is 0.534. The smallest absolute Gasteiger partial charge is 0.125 e. The lowest BCUT2D eigenvalue weighted by Crippen LogP contribution is -2.24. The fourth-order valence-corrected chi connectivity index (χ4v) is 2.05. The number of nitrogens with one attached hydrogen (secondary N) is 1. The molecule has 1 atom stereocenters. The van der Waals surface area contributed by atoms with Gasteiger partial charge in [0, 0.05) is 6.20 Å². The van der Waals surface area contributed by atoms with Crippen molar-refractivity contribution in [3.63, 3.8) is 0 Å². The first-order valence-corrected chi connectivity index (χ1v) is 6.36. The zero-order valence-corrected chi connectivity index (χ0v) is 10.9. The summed E-state index contributed by atoms with van der Waals surface area (Å²) in [4.78, 5) is 8.67. The Hall–Kier alpha value is -1.74. The first kappa shape index (κ1) is 12.7. The molecule has 0 aliphatic heterocycles. The molecule has 1 N–H and O–H groups in total. The predicted octanol–water partition coefficient (Wildman–Crippen LogP) is 2.68. The van der Waals surface area contributed by atoms with Crippen LogP contribution in [0.15, 0.2) is 42.6 Å². The van der Waals surface area contributed by atoms with Crippen molar-refractivity contribution in [1.82, 2.24) is 15.3 Å². The maximum absolute atomic E-state index is 4.51. The molecule has 0 amide bonds. The summed E-state index contributed by atoms with van der Waals surface area (Å²) in [5, 5.41) is 3.48. The van der Waals surface area contributed by atoms with E-state index in [4.69, 9.17) is 0 Å². The van der Waals surface area contributed by atoms with Crippen LogP contribution in [0, 0.1) is 6.92 Å². The molecule has 2 aromatic rings. The van der Waals surface area contributed by atoms with Crippen LogP contribution >= 0.6 is 0 Å². The van der Waals surface area contributed by atoms with Crippen LogP contribution in [-0.4, -0.2) is 16.5 Å². The molecule has 1 aromatic carbocycles. The lowest BCUT2D eigenvalue weighted by atomic mass is 10.0. The van der Waals surface area contributed by atoms with E-state index in [2.05, 4.69) is 46.5 Å². The van der Waals surface area contributed by atoms with Gasteiger partial charge >= 0.3 is 0 Å². The average molecular weight is 241 g/mol. The monoisotopic (exact) mass is 241 g/mol. The maximum Gasteiger partial charge on any atom is 0.125 e. The van der Waals surface area contributed by atoms with Crippen LogP contribution in [0.2, 0.25) is 0 Å². The van der Waals surface area contributed by atoms with Crippen LogP contribution in [0.5, 0.6) is 0 Å². The highest BCUT2D eigenvalue weighted by atomic mass is 15.0. The van der Waals surface area contributed by atoms with Crippen LogP contribution in [0.4, 0.5) is 0 Å². The van der Waals surface area contributed by atoms with E-state index in [1.807, 2.05) is 25.3 Å². The van der Waals surface area contributed by atoms with Crippen molar-refractivity contribution in [2.45, 2.75) is 26.3 Å². The van der Waals surface area contributed by atoms with Gasteiger partial charge in [0.1, 0.15) is 5.82 Å². The first-order valence-electron chi connectivity index (χ1n) is 6.36. The molecule has 1 aromatic heterocycles. The Morgan fingerprint density at radius 3 is 2.61 bits per heavy atom. The summed E-state index contributed by atoms with van der Waals surface area (Å²) < 4.78 is 0. The number of aryl methyl sites for hydroxylation is 1. The maximum atomic E-state index is 4.51. The number of rotatable bonds is 5. The molecule has 0 bridgehead atoms. The van der Waals surface area contributed by atoms with E-state index >= 15 is 0 Å². The topological polar surface area (TPSA) is 37.8 Å². The molecular formula is C15H19N3. The molecule has 0 aliphatic rings. The summed E-state index contributed by atoms with van der Waals surface area (Å²) >= 11 is 0. The molecule has 0 saturated heterocycles. The van der Waals surface area contributed by atoms with E-state index in [0.717, 1.165) is 24.5 Å². The minimum atomic E-state index is 0.249. The second-order valence-corrected chi connectivity index (χ2v) is 4.33. The van der Waals surface area contributed by atoms with Gasteiger partial charge in [-0.2, -0.15) is 0 Å². The highest BCUT2D eigenvalue weighted by Gasteiger charge is 2.12. The largest absolute Gasteiger partial charge is 0.309 e. The molecule has 94 valence electrons. The number of nitrogens with zero attached hydrogens (tertiary/aromatic N) is 2. The summed E-state index contributed by atoms with van der Waals surface area (Å²) in [6, 6.07) is 12.7. The molecule has 2 rings (SSSR count). The summed E-state index contributed by atoms with van der Waals surface area (Å²) in [5.41, 5.74) is 2.38. The van der Waals surface area contributed by atoms with Crippen LogP contribution in [-0.2, 0) is 6.42 Å². The fourth-order valence-electron chi connectivity index (χ4n) is 2.05. The Balaban J connectivity index is 2.18. The van der Waals surface area contributed by atoms with Gasteiger partial charge in [-0.25, -0.2) is 9.97 Å². The average Bonchev–Trinajstić information content (AvgIpc) is 2.39. The van der Waals surface area contributed by atoms with Crippen LogP contribution in [0.3, 0.4) is 0 Å². The van der Waals surface area contributed by atoms with E-state index in [0.29, 0.717) is 0 Å². The van der Waals surface area contributed by atoms with Crippen molar-refractivity contribution < 1.29 is 0 Å². The third-order valence-electron chi connectivity index (χ3n) is 2.89. The molecular weight excluding hydrogens is 222 g/mol. The predicted molar refractivity (Wildman–Crippen MR) is 73.3 cm³/mol. The Labute approximate surface area is 108 Å². The minimum absolute atomic E-state index is 0.249. The van der Waals surface area contributed by atoms with Gasteiger partial charge in [-0.1, -0.05) is 37.3 Å². The Bertz CT molecular complexity index is 482. The molecule has 0 saturated carbocycles. The third-order valence-corrected chi connectivity index (χ3v) is 2.89. The van der Waals surface area contributed by atoms with Gasteiger partial charge in [-0.15, -0.1) is 0 Å². The van der Waals surface area contributed by atoms with Gasteiger partial charge in [0.05, 0.1) is 11.7 Å². The van der Waals surface area contributed by atoms with E-state index in [1.54, 1.807) is 0 Å². The molecule has 18 heavy (non-hydrogen) atoms. The van der Waals surface area contributed by atoms with Crippen LogP contribution in [0.25, 0.3) is 0 Å². The van der Waals surface area contributed by atoms with E-state index < -0.39 is 0 Å². The Morgan fingerprint density at radius 1 is 1.17 bits per heavy atom.